The van der Waals surface area contributed by atoms with Crippen molar-refractivity contribution in [3.8, 4) is 0 Å². The predicted octanol–water partition coefficient (Wildman–Crippen LogP) is 2.35. The summed E-state index contributed by atoms with van der Waals surface area (Å²) < 4.78 is 1.92. The molecule has 0 atom stereocenters. The maximum atomic E-state index is 10.9. The van der Waals surface area contributed by atoms with E-state index in [1.54, 1.807) is 6.07 Å². The van der Waals surface area contributed by atoms with Crippen molar-refractivity contribution < 1.29 is 4.79 Å². The number of para-hydroxylation sites is 1. The molecule has 0 aliphatic rings. The van der Waals surface area contributed by atoms with Crippen LogP contribution in [0.25, 0.3) is 11.0 Å². The summed E-state index contributed by atoms with van der Waals surface area (Å²) in [5.74, 6) is 0.951. The number of alkyl halides is 1. The van der Waals surface area contributed by atoms with Gasteiger partial charge in [0.25, 0.3) is 0 Å². The number of rotatable bonds is 5. The maximum Gasteiger partial charge on any atom is 0.219 e. The van der Waals surface area contributed by atoms with E-state index in [1.165, 1.54) is 0 Å². The Morgan fingerprint density at radius 2 is 2.22 bits per heavy atom. The fourth-order valence-corrected chi connectivity index (χ4v) is 2.37. The molecule has 0 fully saturated rings. The molecule has 4 nitrogen and oxygen atoms in total. The molecule has 1 aromatic carbocycles. The summed E-state index contributed by atoms with van der Waals surface area (Å²) in [6.45, 7) is 0.474. The van der Waals surface area contributed by atoms with Gasteiger partial charge < -0.3 is 10.3 Å². The lowest BCUT2D eigenvalue weighted by Crippen LogP contribution is -2.15. The summed E-state index contributed by atoms with van der Waals surface area (Å²) in [5.41, 5.74) is 6.83. The van der Waals surface area contributed by atoms with Crippen molar-refractivity contribution in [1.82, 2.24) is 9.55 Å². The monoisotopic (exact) mass is 285 g/mol. The Bertz CT molecular complexity index is 580. The van der Waals surface area contributed by atoms with E-state index >= 15 is 0 Å². The zero-order valence-electron chi connectivity index (χ0n) is 9.70. The van der Waals surface area contributed by atoms with Crippen molar-refractivity contribution in [2.45, 2.75) is 19.4 Å². The number of aryl methyl sites for hydroxylation is 2. The van der Waals surface area contributed by atoms with Crippen molar-refractivity contribution >= 4 is 40.1 Å². The van der Waals surface area contributed by atoms with Crippen LogP contribution in [0.15, 0.2) is 18.2 Å². The summed E-state index contributed by atoms with van der Waals surface area (Å²) in [5, 5.41) is 0.616. The third kappa shape index (κ3) is 2.60. The molecule has 18 heavy (non-hydrogen) atoms. The van der Waals surface area contributed by atoms with Gasteiger partial charge in [-0.3, -0.25) is 4.79 Å². The zero-order valence-corrected chi connectivity index (χ0v) is 11.2. The van der Waals surface area contributed by atoms with Crippen LogP contribution in [0.1, 0.15) is 12.2 Å². The number of halogens is 2. The minimum absolute atomic E-state index is 0.256. The Balaban J connectivity index is 2.50. The number of carbonyl (C=O) groups is 1. The van der Waals surface area contributed by atoms with Crippen LogP contribution in [0.4, 0.5) is 0 Å². The first-order valence-electron chi connectivity index (χ1n) is 5.61. The fraction of sp³-hybridized carbons (Fsp3) is 0.333. The smallest absolute Gasteiger partial charge is 0.219 e. The summed E-state index contributed by atoms with van der Waals surface area (Å²) in [4.78, 5) is 15.4. The van der Waals surface area contributed by atoms with Crippen molar-refractivity contribution in [2.75, 3.05) is 5.88 Å². The molecule has 2 aromatic rings. The molecule has 1 heterocycles. The molecule has 0 bridgehead atoms. The predicted molar refractivity (Wildman–Crippen MR) is 73.0 cm³/mol. The van der Waals surface area contributed by atoms with Crippen LogP contribution in [0, 0.1) is 0 Å². The zero-order chi connectivity index (χ0) is 13.1. The van der Waals surface area contributed by atoms with Crippen LogP contribution < -0.4 is 5.73 Å². The molecule has 0 saturated heterocycles. The summed E-state index contributed by atoms with van der Waals surface area (Å²) >= 11 is 11.9. The van der Waals surface area contributed by atoms with Gasteiger partial charge in [0.1, 0.15) is 5.82 Å². The van der Waals surface area contributed by atoms with Gasteiger partial charge in [0.2, 0.25) is 5.91 Å². The Kier molecular flexibility index (Phi) is 4.09. The third-order valence-corrected chi connectivity index (χ3v) is 3.19. The summed E-state index contributed by atoms with van der Waals surface area (Å²) in [6.07, 6.45) is 0.886. The van der Waals surface area contributed by atoms with Gasteiger partial charge in [0, 0.05) is 25.3 Å². The van der Waals surface area contributed by atoms with Crippen LogP contribution in [0.5, 0.6) is 0 Å². The Hall–Kier alpha value is -1.26. The van der Waals surface area contributed by atoms with Gasteiger partial charge in [0.05, 0.1) is 16.1 Å². The lowest BCUT2D eigenvalue weighted by Gasteiger charge is -2.07. The minimum atomic E-state index is -0.347. The minimum Gasteiger partial charge on any atom is -0.370 e. The molecule has 6 heteroatoms. The van der Waals surface area contributed by atoms with E-state index in [2.05, 4.69) is 4.98 Å². The first kappa shape index (κ1) is 13.2. The first-order chi connectivity index (χ1) is 8.63. The number of amides is 1. The molecule has 2 rings (SSSR count). The van der Waals surface area contributed by atoms with Crippen LogP contribution in [-0.2, 0) is 17.8 Å². The topological polar surface area (TPSA) is 60.9 Å². The van der Waals surface area contributed by atoms with Gasteiger partial charge in [-0.15, -0.1) is 11.6 Å². The van der Waals surface area contributed by atoms with Gasteiger partial charge >= 0.3 is 0 Å². The molecule has 1 amide bonds. The fourth-order valence-electron chi connectivity index (χ4n) is 1.93. The van der Waals surface area contributed by atoms with Gasteiger partial charge in [0.15, 0.2) is 0 Å². The molecule has 0 spiro atoms. The first-order valence-corrected chi connectivity index (χ1v) is 6.52. The second-order valence-corrected chi connectivity index (χ2v) is 4.73. The van der Waals surface area contributed by atoms with E-state index in [4.69, 9.17) is 28.9 Å². The van der Waals surface area contributed by atoms with Gasteiger partial charge in [-0.25, -0.2) is 4.98 Å². The van der Waals surface area contributed by atoms with E-state index < -0.39 is 0 Å². The molecule has 0 radical (unpaired) electrons. The number of hydrogen-bond donors (Lipinski definition) is 1. The number of primary amides is 1. The van der Waals surface area contributed by atoms with Crippen LogP contribution in [0.2, 0.25) is 5.02 Å². The van der Waals surface area contributed by atoms with E-state index in [-0.39, 0.29) is 12.3 Å². The van der Waals surface area contributed by atoms with Gasteiger partial charge in [-0.1, -0.05) is 17.7 Å². The highest BCUT2D eigenvalue weighted by atomic mass is 35.5. The number of nitrogens with two attached hydrogens (primary N) is 1. The molecule has 2 N–H and O–H groups in total. The Morgan fingerprint density at radius 3 is 2.89 bits per heavy atom. The average Bonchev–Trinajstić information content (AvgIpc) is 2.66. The quantitative estimate of drug-likeness (QED) is 0.858. The number of benzene rings is 1. The largest absolute Gasteiger partial charge is 0.370 e. The molecule has 0 saturated carbocycles. The second-order valence-electron chi connectivity index (χ2n) is 3.94. The molecule has 96 valence electrons. The van der Waals surface area contributed by atoms with Crippen molar-refractivity contribution in [3.05, 3.63) is 29.0 Å². The third-order valence-electron chi connectivity index (χ3n) is 2.70. The number of imidazole rings is 1. The number of fused-ring (bicyclic) bond motifs is 1. The Labute approximate surface area is 115 Å². The van der Waals surface area contributed by atoms with Crippen molar-refractivity contribution in [1.29, 1.82) is 0 Å². The number of nitrogens with zero attached hydrogens (tertiary/aromatic N) is 2. The standard InChI is InChI=1S/C12H13Cl2N3O/c13-6-4-11-16-9-3-1-2-8(14)12(9)17(11)7-5-10(15)18/h1-3H,4-7H2,(H2,15,18). The summed E-state index contributed by atoms with van der Waals surface area (Å²) in [6, 6.07) is 5.54. The highest BCUT2D eigenvalue weighted by molar-refractivity contribution is 6.35. The lowest BCUT2D eigenvalue weighted by molar-refractivity contribution is -0.118. The second kappa shape index (κ2) is 5.59. The van der Waals surface area contributed by atoms with Crippen LogP contribution in [0.3, 0.4) is 0 Å². The SMILES string of the molecule is NC(=O)CCn1c(CCCl)nc2cccc(Cl)c21. The van der Waals surface area contributed by atoms with E-state index in [0.717, 1.165) is 16.9 Å². The van der Waals surface area contributed by atoms with Gasteiger partial charge in [-0.05, 0) is 12.1 Å². The molecular formula is C12H13Cl2N3O. The summed E-state index contributed by atoms with van der Waals surface area (Å²) in [7, 11) is 0. The molecule has 0 aliphatic heterocycles. The van der Waals surface area contributed by atoms with Crippen LogP contribution >= 0.6 is 23.2 Å². The maximum absolute atomic E-state index is 10.9. The lowest BCUT2D eigenvalue weighted by atomic mass is 10.3. The number of aromatic nitrogens is 2. The average molecular weight is 286 g/mol. The normalized spacial score (nSPS) is 11.0. The van der Waals surface area contributed by atoms with Crippen molar-refractivity contribution in [2.24, 2.45) is 5.73 Å². The van der Waals surface area contributed by atoms with Crippen LogP contribution in [-0.4, -0.2) is 21.3 Å². The molecule has 1 aromatic heterocycles. The molecule has 0 unspecified atom stereocenters. The molecule has 0 aliphatic carbocycles. The van der Waals surface area contributed by atoms with Gasteiger partial charge in [-0.2, -0.15) is 0 Å². The highest BCUT2D eigenvalue weighted by Gasteiger charge is 2.13. The Morgan fingerprint density at radius 1 is 1.44 bits per heavy atom. The molecular weight excluding hydrogens is 273 g/mol. The van der Waals surface area contributed by atoms with E-state index in [9.17, 15) is 4.79 Å². The van der Waals surface area contributed by atoms with Crippen molar-refractivity contribution in [3.63, 3.8) is 0 Å². The van der Waals surface area contributed by atoms with E-state index in [1.807, 2.05) is 16.7 Å². The van der Waals surface area contributed by atoms with E-state index in [0.29, 0.717) is 23.9 Å². The highest BCUT2D eigenvalue weighted by Crippen LogP contribution is 2.25. The number of hydrogen-bond acceptors (Lipinski definition) is 2. The number of carbonyl (C=O) groups excluding carboxylic acids is 1.